The predicted molar refractivity (Wildman–Crippen MR) is 93.0 cm³/mol. The van der Waals surface area contributed by atoms with Crippen molar-refractivity contribution in [1.82, 2.24) is 0 Å². The summed E-state index contributed by atoms with van der Waals surface area (Å²) in [6, 6.07) is 0. The zero-order chi connectivity index (χ0) is 16.5. The lowest BCUT2D eigenvalue weighted by molar-refractivity contribution is 0.106. The van der Waals surface area contributed by atoms with Gasteiger partial charge in [0.1, 0.15) is 0 Å². The molecule has 4 nitrogen and oxygen atoms in total. The highest BCUT2D eigenvalue weighted by Crippen LogP contribution is 2.27. The van der Waals surface area contributed by atoms with Crippen molar-refractivity contribution in [2.75, 3.05) is 13.2 Å². The van der Waals surface area contributed by atoms with Gasteiger partial charge in [-0.1, -0.05) is 13.8 Å². The maximum Gasteiger partial charge on any atom is 0.337 e. The highest BCUT2D eigenvalue weighted by molar-refractivity contribution is 6.85. The molecule has 0 N–H and O–H groups in total. The molecule has 6 heteroatoms. The molecule has 0 unspecified atom stereocenters. The van der Waals surface area contributed by atoms with Crippen molar-refractivity contribution in [3.63, 3.8) is 0 Å². The molecule has 0 aliphatic rings. The Kier molecular flexibility index (Phi) is 10.3. The summed E-state index contributed by atoms with van der Waals surface area (Å²) in [5, 5.41) is 0. The normalized spacial score (nSPS) is 13.4. The van der Waals surface area contributed by atoms with Crippen LogP contribution in [0.25, 0.3) is 0 Å². The maximum atomic E-state index is 6.20. The lowest BCUT2D eigenvalue weighted by Crippen LogP contribution is -2.53. The quantitative estimate of drug-likeness (QED) is 0.496. The van der Waals surface area contributed by atoms with E-state index >= 15 is 0 Å². The topological polar surface area (TPSA) is 36.9 Å². The van der Waals surface area contributed by atoms with E-state index in [1.165, 1.54) is 0 Å². The second-order valence-electron chi connectivity index (χ2n) is 6.47. The lowest BCUT2D eigenvalue weighted by atomic mass is 10.5. The lowest BCUT2D eigenvalue weighted by Gasteiger charge is -2.37. The summed E-state index contributed by atoms with van der Waals surface area (Å²) >= 11 is 0. The first kappa shape index (κ1) is 21.3. The highest BCUT2D eigenvalue weighted by atomic mass is 28.4. The fourth-order valence-corrected chi connectivity index (χ4v) is 12.0. The Balaban J connectivity index is 4.99. The molecule has 0 amide bonds. The Morgan fingerprint density at radius 2 is 1.10 bits per heavy atom. The molecule has 0 atom stereocenters. The number of hydrogen-bond donors (Lipinski definition) is 0. The van der Waals surface area contributed by atoms with Crippen LogP contribution < -0.4 is 0 Å². The molecule has 0 aromatic carbocycles. The predicted octanol–water partition coefficient (Wildman–Crippen LogP) is 4.37. The van der Waals surface area contributed by atoms with E-state index in [1.807, 2.05) is 0 Å². The van der Waals surface area contributed by atoms with E-state index in [0.717, 1.165) is 31.7 Å². The molecule has 0 aliphatic carbocycles. The Morgan fingerprint density at radius 3 is 1.38 bits per heavy atom. The van der Waals surface area contributed by atoms with Gasteiger partial charge in [-0.15, -0.1) is 0 Å². The van der Waals surface area contributed by atoms with E-state index < -0.39 is 17.1 Å². The second-order valence-corrected chi connectivity index (χ2v) is 13.5. The summed E-state index contributed by atoms with van der Waals surface area (Å²) < 4.78 is 24.7. The molecule has 0 saturated heterocycles. The summed E-state index contributed by atoms with van der Waals surface area (Å²) in [6.07, 6.45) is 2.34. The van der Waals surface area contributed by atoms with Crippen LogP contribution in [0.2, 0.25) is 18.8 Å². The SMILES string of the molecule is CCCO[Si](C)(C[Si](C)(OC(C)C)OC(C)C)OCCC. The Hall–Kier alpha value is 0.274. The maximum absolute atomic E-state index is 6.20. The van der Waals surface area contributed by atoms with Crippen LogP contribution in [0.3, 0.4) is 0 Å². The molecule has 0 heterocycles. The van der Waals surface area contributed by atoms with Crippen molar-refractivity contribution in [2.24, 2.45) is 0 Å². The molecule has 0 saturated carbocycles. The van der Waals surface area contributed by atoms with Gasteiger partial charge in [0.2, 0.25) is 0 Å². The van der Waals surface area contributed by atoms with Gasteiger partial charge < -0.3 is 17.7 Å². The zero-order valence-electron chi connectivity index (χ0n) is 15.3. The average molecular weight is 337 g/mol. The van der Waals surface area contributed by atoms with Gasteiger partial charge in [0.05, 0.1) is 0 Å². The van der Waals surface area contributed by atoms with Crippen LogP contribution in [0, 0.1) is 0 Å². The van der Waals surface area contributed by atoms with Gasteiger partial charge >= 0.3 is 17.1 Å². The Labute approximate surface area is 134 Å². The molecule has 0 radical (unpaired) electrons. The minimum absolute atomic E-state index is 0.163. The molecule has 0 aromatic rings. The third-order valence-corrected chi connectivity index (χ3v) is 11.5. The first-order valence-corrected chi connectivity index (χ1v) is 13.3. The summed E-state index contributed by atoms with van der Waals surface area (Å²) in [5.74, 6) is 0. The standard InChI is InChI=1S/C15H36O4Si2/c1-9-11-16-20(7,17-12-10-2)13-21(8,18-14(3)4)19-15(5)6/h14-15H,9-13H2,1-8H3. The molecular weight excluding hydrogens is 300 g/mol. The van der Waals surface area contributed by atoms with Crippen LogP contribution in [-0.2, 0) is 17.7 Å². The summed E-state index contributed by atoms with van der Waals surface area (Å²) in [5.41, 5.74) is 0.816. The van der Waals surface area contributed by atoms with Gasteiger partial charge in [-0.25, -0.2) is 0 Å². The van der Waals surface area contributed by atoms with E-state index in [-0.39, 0.29) is 12.2 Å². The van der Waals surface area contributed by atoms with Crippen molar-refractivity contribution in [2.45, 2.75) is 85.4 Å². The highest BCUT2D eigenvalue weighted by Gasteiger charge is 2.46. The smallest absolute Gasteiger partial charge is 0.337 e. The monoisotopic (exact) mass is 336 g/mol. The van der Waals surface area contributed by atoms with Crippen molar-refractivity contribution in [3.8, 4) is 0 Å². The van der Waals surface area contributed by atoms with Crippen LogP contribution in [-0.4, -0.2) is 42.5 Å². The third kappa shape index (κ3) is 9.81. The van der Waals surface area contributed by atoms with Crippen molar-refractivity contribution in [3.05, 3.63) is 0 Å². The van der Waals surface area contributed by atoms with Gasteiger partial charge in [-0.3, -0.25) is 0 Å². The molecular formula is C15H36O4Si2. The van der Waals surface area contributed by atoms with Crippen molar-refractivity contribution >= 4 is 17.1 Å². The van der Waals surface area contributed by atoms with Crippen molar-refractivity contribution < 1.29 is 17.7 Å². The minimum Gasteiger partial charge on any atom is -0.394 e. The second kappa shape index (κ2) is 10.1. The largest absolute Gasteiger partial charge is 0.394 e. The third-order valence-electron chi connectivity index (χ3n) is 2.84. The van der Waals surface area contributed by atoms with E-state index in [9.17, 15) is 0 Å². The number of hydrogen-bond acceptors (Lipinski definition) is 4. The summed E-state index contributed by atoms with van der Waals surface area (Å²) in [7, 11) is -4.55. The first-order chi connectivity index (χ1) is 9.66. The molecule has 0 aliphatic heterocycles. The number of rotatable bonds is 12. The van der Waals surface area contributed by atoms with Crippen LogP contribution in [0.5, 0.6) is 0 Å². The molecule has 128 valence electrons. The van der Waals surface area contributed by atoms with Crippen LogP contribution in [0.15, 0.2) is 0 Å². The van der Waals surface area contributed by atoms with Crippen LogP contribution in [0.1, 0.15) is 54.4 Å². The van der Waals surface area contributed by atoms with E-state index in [2.05, 4.69) is 54.6 Å². The summed E-state index contributed by atoms with van der Waals surface area (Å²) in [6.45, 7) is 18.3. The van der Waals surface area contributed by atoms with Crippen molar-refractivity contribution in [1.29, 1.82) is 0 Å². The van der Waals surface area contributed by atoms with Gasteiger partial charge in [-0.2, -0.15) is 0 Å². The fraction of sp³-hybridized carbons (Fsp3) is 1.00. The van der Waals surface area contributed by atoms with Crippen LogP contribution >= 0.6 is 0 Å². The van der Waals surface area contributed by atoms with Gasteiger partial charge in [0.15, 0.2) is 0 Å². The molecule has 21 heavy (non-hydrogen) atoms. The van der Waals surface area contributed by atoms with E-state index in [4.69, 9.17) is 17.7 Å². The minimum atomic E-state index is -2.30. The summed E-state index contributed by atoms with van der Waals surface area (Å²) in [4.78, 5) is 0. The van der Waals surface area contributed by atoms with E-state index in [0.29, 0.717) is 0 Å². The Morgan fingerprint density at radius 1 is 0.714 bits per heavy atom. The first-order valence-electron chi connectivity index (χ1n) is 8.30. The average Bonchev–Trinajstić information content (AvgIpc) is 2.31. The molecule has 0 fully saturated rings. The molecule has 0 aromatic heterocycles. The van der Waals surface area contributed by atoms with Gasteiger partial charge in [-0.05, 0) is 53.6 Å². The van der Waals surface area contributed by atoms with Gasteiger partial charge in [0.25, 0.3) is 0 Å². The fourth-order valence-electron chi connectivity index (χ4n) is 2.47. The molecule has 0 bridgehead atoms. The Bertz CT molecular complexity index is 254. The molecule has 0 spiro atoms. The van der Waals surface area contributed by atoms with Crippen LogP contribution in [0.4, 0.5) is 0 Å². The van der Waals surface area contributed by atoms with Gasteiger partial charge in [0, 0.05) is 31.1 Å². The zero-order valence-corrected chi connectivity index (χ0v) is 17.3. The molecule has 0 rings (SSSR count). The van der Waals surface area contributed by atoms with E-state index in [1.54, 1.807) is 0 Å².